The highest BCUT2D eigenvalue weighted by Gasteiger charge is 2.30. The highest BCUT2D eigenvalue weighted by atomic mass is 79.9. The molecule has 8 heteroatoms. The predicted octanol–water partition coefficient (Wildman–Crippen LogP) is 3.05. The van der Waals surface area contributed by atoms with Gasteiger partial charge in [-0.2, -0.15) is 4.31 Å². The molecule has 26 heavy (non-hydrogen) atoms. The minimum absolute atomic E-state index is 0.117. The average molecular weight is 440 g/mol. The molecule has 2 aromatic rings. The van der Waals surface area contributed by atoms with E-state index >= 15 is 0 Å². The third-order valence-electron chi connectivity index (χ3n) is 4.59. The van der Waals surface area contributed by atoms with Gasteiger partial charge in [0.2, 0.25) is 10.0 Å². The molecule has 0 bridgehead atoms. The Morgan fingerprint density at radius 3 is 2.23 bits per heavy atom. The van der Waals surface area contributed by atoms with E-state index < -0.39 is 10.0 Å². The molecular weight excluding hydrogens is 418 g/mol. The number of aromatic nitrogens is 1. The number of piperazine rings is 1. The lowest BCUT2D eigenvalue weighted by Crippen LogP contribution is -2.50. The highest BCUT2D eigenvalue weighted by molar-refractivity contribution is 9.10. The number of hydrogen-bond donors (Lipinski definition) is 1. The van der Waals surface area contributed by atoms with E-state index in [1.54, 1.807) is 29.3 Å². The number of nitrogens with zero attached hydrogens (tertiary/aromatic N) is 2. The monoisotopic (exact) mass is 439 g/mol. The Morgan fingerprint density at radius 1 is 1.12 bits per heavy atom. The maximum Gasteiger partial charge on any atom is 0.270 e. The van der Waals surface area contributed by atoms with Crippen LogP contribution >= 0.6 is 15.9 Å². The SMILES string of the molecule is CC(C)c1ccc(S(=O)(=O)N2CCN(C(=O)c3cc(Br)c[nH]3)CC2)cc1. The van der Waals surface area contributed by atoms with Crippen LogP contribution in [0.15, 0.2) is 45.9 Å². The van der Waals surface area contributed by atoms with Crippen molar-refractivity contribution in [2.24, 2.45) is 0 Å². The fourth-order valence-corrected chi connectivity index (χ4v) is 4.73. The predicted molar refractivity (Wildman–Crippen MR) is 104 cm³/mol. The van der Waals surface area contributed by atoms with E-state index in [9.17, 15) is 13.2 Å². The van der Waals surface area contributed by atoms with Crippen LogP contribution < -0.4 is 0 Å². The molecule has 1 amide bonds. The van der Waals surface area contributed by atoms with Gasteiger partial charge in [0.15, 0.2) is 0 Å². The molecule has 6 nitrogen and oxygen atoms in total. The smallest absolute Gasteiger partial charge is 0.270 e. The van der Waals surface area contributed by atoms with Crippen molar-refractivity contribution in [3.8, 4) is 0 Å². The normalized spacial score (nSPS) is 16.2. The number of aromatic amines is 1. The van der Waals surface area contributed by atoms with Gasteiger partial charge in [0, 0.05) is 36.8 Å². The largest absolute Gasteiger partial charge is 0.356 e. The molecule has 1 aliphatic rings. The molecule has 1 aliphatic heterocycles. The molecule has 0 radical (unpaired) electrons. The molecule has 0 atom stereocenters. The number of H-pyrrole nitrogens is 1. The summed E-state index contributed by atoms with van der Waals surface area (Å²) in [6.45, 7) is 5.48. The topological polar surface area (TPSA) is 73.5 Å². The van der Waals surface area contributed by atoms with E-state index in [4.69, 9.17) is 0 Å². The van der Waals surface area contributed by atoms with Gasteiger partial charge in [-0.1, -0.05) is 26.0 Å². The summed E-state index contributed by atoms with van der Waals surface area (Å²) in [7, 11) is -3.53. The summed E-state index contributed by atoms with van der Waals surface area (Å²) in [6, 6.07) is 8.78. The lowest BCUT2D eigenvalue weighted by Gasteiger charge is -2.33. The van der Waals surface area contributed by atoms with Gasteiger partial charge < -0.3 is 9.88 Å². The molecule has 3 rings (SSSR count). The summed E-state index contributed by atoms with van der Waals surface area (Å²) in [5.74, 6) is 0.239. The average Bonchev–Trinajstić information content (AvgIpc) is 3.07. The highest BCUT2D eigenvalue weighted by Crippen LogP contribution is 2.22. The van der Waals surface area contributed by atoms with Crippen molar-refractivity contribution < 1.29 is 13.2 Å². The fourth-order valence-electron chi connectivity index (χ4n) is 2.97. The molecule has 1 N–H and O–H groups in total. The minimum atomic E-state index is -3.53. The number of benzene rings is 1. The van der Waals surface area contributed by atoms with Crippen molar-refractivity contribution in [2.45, 2.75) is 24.7 Å². The van der Waals surface area contributed by atoms with Crippen molar-refractivity contribution in [3.63, 3.8) is 0 Å². The van der Waals surface area contributed by atoms with Crippen LogP contribution in [0, 0.1) is 0 Å². The van der Waals surface area contributed by atoms with Gasteiger partial charge >= 0.3 is 0 Å². The molecule has 0 spiro atoms. The Morgan fingerprint density at radius 2 is 1.73 bits per heavy atom. The van der Waals surface area contributed by atoms with E-state index in [1.165, 1.54) is 4.31 Å². The summed E-state index contributed by atoms with van der Waals surface area (Å²) in [4.78, 5) is 17.3. The number of carbonyl (C=O) groups excluding carboxylic acids is 1. The van der Waals surface area contributed by atoms with E-state index in [1.807, 2.05) is 12.1 Å². The first-order valence-corrected chi connectivity index (χ1v) is 10.8. The van der Waals surface area contributed by atoms with Crippen molar-refractivity contribution in [2.75, 3.05) is 26.2 Å². The third kappa shape index (κ3) is 3.87. The van der Waals surface area contributed by atoms with Crippen LogP contribution in [0.4, 0.5) is 0 Å². The van der Waals surface area contributed by atoms with Crippen LogP contribution in [0.1, 0.15) is 35.8 Å². The van der Waals surface area contributed by atoms with Crippen LogP contribution in [0.2, 0.25) is 0 Å². The summed E-state index contributed by atoms with van der Waals surface area (Å²) in [5.41, 5.74) is 1.61. The van der Waals surface area contributed by atoms with Crippen LogP contribution in [0.3, 0.4) is 0 Å². The van der Waals surface area contributed by atoms with Crippen LogP contribution in [0.25, 0.3) is 0 Å². The molecule has 1 aromatic carbocycles. The molecule has 1 saturated heterocycles. The summed E-state index contributed by atoms with van der Waals surface area (Å²) in [6.07, 6.45) is 1.70. The van der Waals surface area contributed by atoms with E-state index in [0.29, 0.717) is 42.7 Å². The lowest BCUT2D eigenvalue weighted by molar-refractivity contribution is 0.0692. The van der Waals surface area contributed by atoms with E-state index in [2.05, 4.69) is 34.8 Å². The first kappa shape index (κ1) is 19.1. The van der Waals surface area contributed by atoms with Gasteiger partial charge in [0.25, 0.3) is 5.91 Å². The zero-order valence-corrected chi connectivity index (χ0v) is 17.2. The maximum absolute atomic E-state index is 12.8. The number of hydrogen-bond acceptors (Lipinski definition) is 3. The van der Waals surface area contributed by atoms with Gasteiger partial charge in [0.1, 0.15) is 5.69 Å². The van der Waals surface area contributed by atoms with Gasteiger partial charge in [-0.3, -0.25) is 4.79 Å². The number of halogens is 1. The number of carbonyl (C=O) groups is 1. The fraction of sp³-hybridized carbons (Fsp3) is 0.389. The Hall–Kier alpha value is -1.64. The van der Waals surface area contributed by atoms with Gasteiger partial charge in [-0.05, 0) is 45.6 Å². The number of amides is 1. The second-order valence-electron chi connectivity index (χ2n) is 6.65. The van der Waals surface area contributed by atoms with Gasteiger partial charge in [0.05, 0.1) is 4.90 Å². The zero-order chi connectivity index (χ0) is 18.9. The Labute approximate surface area is 162 Å². The Kier molecular flexibility index (Phi) is 5.55. The molecule has 1 fully saturated rings. The summed E-state index contributed by atoms with van der Waals surface area (Å²) >= 11 is 3.31. The molecule has 140 valence electrons. The lowest BCUT2D eigenvalue weighted by atomic mass is 10.0. The maximum atomic E-state index is 12.8. The zero-order valence-electron chi connectivity index (χ0n) is 14.8. The second-order valence-corrected chi connectivity index (χ2v) is 9.51. The van der Waals surface area contributed by atoms with Crippen molar-refractivity contribution in [1.82, 2.24) is 14.2 Å². The second kappa shape index (κ2) is 7.54. The number of rotatable bonds is 4. The molecule has 0 saturated carbocycles. The molecular formula is C18H22BrN3O3S. The summed E-state index contributed by atoms with van der Waals surface area (Å²) < 4.78 is 27.9. The van der Waals surface area contributed by atoms with Gasteiger partial charge in [-0.15, -0.1) is 0 Å². The molecule has 1 aromatic heterocycles. The van der Waals surface area contributed by atoms with Crippen LogP contribution in [-0.2, 0) is 10.0 Å². The quantitative estimate of drug-likeness (QED) is 0.795. The molecule has 0 unspecified atom stereocenters. The van der Waals surface area contributed by atoms with E-state index in [-0.39, 0.29) is 5.91 Å². The van der Waals surface area contributed by atoms with Crippen molar-refractivity contribution in [3.05, 3.63) is 52.3 Å². The molecule has 2 heterocycles. The Bertz CT molecular complexity index is 883. The Balaban J connectivity index is 1.67. The van der Waals surface area contributed by atoms with Crippen LogP contribution in [-0.4, -0.2) is 54.7 Å². The summed E-state index contributed by atoms with van der Waals surface area (Å²) in [5, 5.41) is 0. The number of sulfonamides is 1. The first-order valence-electron chi connectivity index (χ1n) is 8.52. The van der Waals surface area contributed by atoms with Crippen molar-refractivity contribution >= 4 is 31.9 Å². The number of nitrogens with one attached hydrogen (secondary N) is 1. The molecule has 0 aliphatic carbocycles. The standard InChI is InChI=1S/C18H22BrN3O3S/c1-13(2)14-3-5-16(6-4-14)26(24,25)22-9-7-21(8-10-22)18(23)17-11-15(19)12-20-17/h3-6,11-13,20H,7-10H2,1-2H3. The van der Waals surface area contributed by atoms with Gasteiger partial charge in [-0.25, -0.2) is 8.42 Å². The minimum Gasteiger partial charge on any atom is -0.356 e. The van der Waals surface area contributed by atoms with E-state index in [0.717, 1.165) is 10.0 Å². The van der Waals surface area contributed by atoms with Crippen LogP contribution in [0.5, 0.6) is 0 Å². The first-order chi connectivity index (χ1) is 12.3. The van der Waals surface area contributed by atoms with Crippen molar-refractivity contribution in [1.29, 1.82) is 0 Å². The third-order valence-corrected chi connectivity index (χ3v) is 6.96.